The minimum atomic E-state index is 0.0241. The minimum Gasteiger partial charge on any atom is -0.461 e. The smallest absolute Gasteiger partial charge is 0.134 e. The van der Waals surface area contributed by atoms with Crippen LogP contribution < -0.4 is 0 Å². The molecular formula is C27H22N2OS. The third-order valence-electron chi connectivity index (χ3n) is 5.97. The van der Waals surface area contributed by atoms with Crippen molar-refractivity contribution in [3.63, 3.8) is 0 Å². The number of aromatic nitrogens is 2. The van der Waals surface area contributed by atoms with Crippen LogP contribution >= 0.6 is 11.3 Å². The number of aryl methyl sites for hydroxylation is 1. The van der Waals surface area contributed by atoms with E-state index in [-0.39, 0.29) is 5.41 Å². The largest absolute Gasteiger partial charge is 0.461 e. The van der Waals surface area contributed by atoms with Gasteiger partial charge in [0.2, 0.25) is 0 Å². The Morgan fingerprint density at radius 2 is 1.71 bits per heavy atom. The zero-order valence-corrected chi connectivity index (χ0v) is 18.8. The second-order valence-corrected chi connectivity index (χ2v) is 10.3. The van der Waals surface area contributed by atoms with E-state index >= 15 is 0 Å². The highest BCUT2D eigenvalue weighted by atomic mass is 32.1. The standard InChI is InChI=1S/C27H22N2OS/c1-15-9-17-12-23-20(13-22(17)30-15)24-25(28-14-29-26(24)31-23)18-10-16-7-5-6-8-19(16)21(11-18)27(2,3)4/h5-14H,1-4H3. The van der Waals surface area contributed by atoms with Crippen LogP contribution in [0.1, 0.15) is 32.1 Å². The van der Waals surface area contributed by atoms with Crippen molar-refractivity contribution >= 4 is 53.4 Å². The highest BCUT2D eigenvalue weighted by Crippen LogP contribution is 2.42. The van der Waals surface area contributed by atoms with Gasteiger partial charge in [0.15, 0.2) is 0 Å². The molecule has 0 saturated heterocycles. The van der Waals surface area contributed by atoms with E-state index in [9.17, 15) is 0 Å². The number of rotatable bonds is 1. The molecule has 31 heavy (non-hydrogen) atoms. The molecule has 0 radical (unpaired) electrons. The molecule has 0 spiro atoms. The van der Waals surface area contributed by atoms with Crippen molar-refractivity contribution in [3.05, 3.63) is 72.2 Å². The van der Waals surface area contributed by atoms with Gasteiger partial charge in [-0.25, -0.2) is 9.97 Å². The molecule has 3 aromatic heterocycles. The summed E-state index contributed by atoms with van der Waals surface area (Å²) in [6.07, 6.45) is 1.69. The molecule has 152 valence electrons. The summed E-state index contributed by atoms with van der Waals surface area (Å²) in [4.78, 5) is 10.4. The molecule has 3 heterocycles. The Labute approximate surface area is 184 Å². The summed E-state index contributed by atoms with van der Waals surface area (Å²) in [6.45, 7) is 8.79. The molecule has 6 aromatic rings. The van der Waals surface area contributed by atoms with E-state index in [1.807, 2.05) is 6.92 Å². The normalized spacial score (nSPS) is 12.5. The summed E-state index contributed by atoms with van der Waals surface area (Å²) in [5.74, 6) is 0.929. The predicted molar refractivity (Wildman–Crippen MR) is 131 cm³/mol. The van der Waals surface area contributed by atoms with E-state index in [2.05, 4.69) is 80.4 Å². The van der Waals surface area contributed by atoms with E-state index in [4.69, 9.17) is 9.40 Å². The molecule has 0 saturated carbocycles. The van der Waals surface area contributed by atoms with Gasteiger partial charge in [0.1, 0.15) is 22.5 Å². The van der Waals surface area contributed by atoms with Crippen LogP contribution in [0.5, 0.6) is 0 Å². The van der Waals surface area contributed by atoms with E-state index < -0.39 is 0 Å². The summed E-state index contributed by atoms with van der Waals surface area (Å²) in [5.41, 5.74) is 4.38. The second kappa shape index (κ2) is 6.38. The Morgan fingerprint density at radius 1 is 0.871 bits per heavy atom. The summed E-state index contributed by atoms with van der Waals surface area (Å²) >= 11 is 1.72. The topological polar surface area (TPSA) is 38.9 Å². The second-order valence-electron chi connectivity index (χ2n) is 9.24. The minimum absolute atomic E-state index is 0.0241. The van der Waals surface area contributed by atoms with Gasteiger partial charge in [0.25, 0.3) is 0 Å². The van der Waals surface area contributed by atoms with E-state index in [1.54, 1.807) is 17.7 Å². The van der Waals surface area contributed by atoms with Gasteiger partial charge < -0.3 is 4.42 Å². The average molecular weight is 423 g/mol. The first-order valence-electron chi connectivity index (χ1n) is 10.5. The first-order valence-corrected chi connectivity index (χ1v) is 11.3. The Hall–Kier alpha value is -3.24. The Morgan fingerprint density at radius 3 is 2.55 bits per heavy atom. The van der Waals surface area contributed by atoms with Crippen LogP contribution in [0.4, 0.5) is 0 Å². The predicted octanol–water partition coefficient (Wildman–Crippen LogP) is 8.02. The maximum Gasteiger partial charge on any atom is 0.134 e. The first-order chi connectivity index (χ1) is 14.9. The molecular weight excluding hydrogens is 400 g/mol. The number of hydrogen-bond acceptors (Lipinski definition) is 4. The Kier molecular flexibility index (Phi) is 3.81. The van der Waals surface area contributed by atoms with Gasteiger partial charge in [-0.05, 0) is 59.0 Å². The fourth-order valence-corrected chi connectivity index (χ4v) is 5.63. The molecule has 0 N–H and O–H groups in total. The summed E-state index contributed by atoms with van der Waals surface area (Å²) in [6, 6.07) is 19.6. The van der Waals surface area contributed by atoms with Gasteiger partial charge in [-0.1, -0.05) is 45.0 Å². The van der Waals surface area contributed by atoms with Crippen LogP contribution in [0.15, 0.2) is 65.3 Å². The van der Waals surface area contributed by atoms with Crippen molar-refractivity contribution in [1.82, 2.24) is 9.97 Å². The van der Waals surface area contributed by atoms with Crippen molar-refractivity contribution in [3.8, 4) is 11.3 Å². The third-order valence-corrected chi connectivity index (χ3v) is 7.03. The first kappa shape index (κ1) is 18.5. The van der Waals surface area contributed by atoms with Crippen molar-refractivity contribution in [2.45, 2.75) is 33.1 Å². The number of fused-ring (bicyclic) bond motifs is 5. The van der Waals surface area contributed by atoms with Crippen molar-refractivity contribution in [2.24, 2.45) is 0 Å². The van der Waals surface area contributed by atoms with Crippen LogP contribution in [-0.2, 0) is 5.41 Å². The van der Waals surface area contributed by atoms with Crippen molar-refractivity contribution < 1.29 is 4.42 Å². The van der Waals surface area contributed by atoms with Crippen molar-refractivity contribution in [2.75, 3.05) is 0 Å². The lowest BCUT2D eigenvalue weighted by molar-refractivity contribution is 0.579. The van der Waals surface area contributed by atoms with Crippen molar-refractivity contribution in [1.29, 1.82) is 0 Å². The van der Waals surface area contributed by atoms with Gasteiger partial charge in [-0.15, -0.1) is 11.3 Å². The number of furan rings is 1. The number of hydrogen-bond donors (Lipinski definition) is 0. The number of thiophene rings is 1. The molecule has 0 amide bonds. The highest BCUT2D eigenvalue weighted by Gasteiger charge is 2.21. The monoisotopic (exact) mass is 422 g/mol. The molecule has 0 bridgehead atoms. The maximum atomic E-state index is 5.93. The van der Waals surface area contributed by atoms with Crippen LogP contribution in [0.25, 0.3) is 53.3 Å². The average Bonchev–Trinajstić information content (AvgIpc) is 3.28. The molecule has 0 aliphatic carbocycles. The molecule has 3 aromatic carbocycles. The van der Waals surface area contributed by atoms with Gasteiger partial charge >= 0.3 is 0 Å². The lowest BCUT2D eigenvalue weighted by Crippen LogP contribution is -2.12. The zero-order chi connectivity index (χ0) is 21.3. The van der Waals surface area contributed by atoms with Gasteiger partial charge in [-0.3, -0.25) is 0 Å². The summed E-state index contributed by atoms with van der Waals surface area (Å²) in [7, 11) is 0. The molecule has 0 unspecified atom stereocenters. The van der Waals surface area contributed by atoms with Gasteiger partial charge in [-0.2, -0.15) is 0 Å². The maximum absolute atomic E-state index is 5.93. The molecule has 3 nitrogen and oxygen atoms in total. The lowest BCUT2D eigenvalue weighted by atomic mass is 9.82. The molecule has 0 atom stereocenters. The van der Waals surface area contributed by atoms with Gasteiger partial charge in [0, 0.05) is 26.4 Å². The molecule has 4 heteroatoms. The van der Waals surface area contributed by atoms with Gasteiger partial charge in [0.05, 0.1) is 5.69 Å². The molecule has 0 aliphatic rings. The lowest BCUT2D eigenvalue weighted by Gasteiger charge is -2.22. The molecule has 6 rings (SSSR count). The third kappa shape index (κ3) is 2.86. The van der Waals surface area contributed by atoms with Crippen LogP contribution in [0, 0.1) is 6.92 Å². The molecule has 0 aliphatic heterocycles. The Balaban J connectivity index is 1.71. The van der Waals surface area contributed by atoms with Crippen LogP contribution in [-0.4, -0.2) is 9.97 Å². The summed E-state index contributed by atoms with van der Waals surface area (Å²) in [5, 5.41) is 5.93. The SMILES string of the molecule is Cc1cc2cc3sc4ncnc(-c5cc(C(C)(C)C)c6ccccc6c5)c4c3cc2o1. The molecule has 0 fully saturated rings. The fourth-order valence-electron chi connectivity index (χ4n) is 4.56. The fraction of sp³-hybridized carbons (Fsp3) is 0.185. The highest BCUT2D eigenvalue weighted by molar-refractivity contribution is 7.25. The van der Waals surface area contributed by atoms with Crippen LogP contribution in [0.2, 0.25) is 0 Å². The number of nitrogens with zero attached hydrogens (tertiary/aromatic N) is 2. The van der Waals surface area contributed by atoms with E-state index in [1.165, 1.54) is 21.0 Å². The Bertz CT molecular complexity index is 1630. The van der Waals surface area contributed by atoms with E-state index in [0.717, 1.165) is 43.6 Å². The summed E-state index contributed by atoms with van der Waals surface area (Å²) < 4.78 is 7.14. The quantitative estimate of drug-likeness (QED) is 0.269. The number of benzene rings is 3. The van der Waals surface area contributed by atoms with Crippen LogP contribution in [0.3, 0.4) is 0 Å². The zero-order valence-electron chi connectivity index (χ0n) is 18.0. The van der Waals surface area contributed by atoms with E-state index in [0.29, 0.717) is 0 Å².